The third-order valence-corrected chi connectivity index (χ3v) is 5.52. The van der Waals surface area contributed by atoms with Crippen molar-refractivity contribution in [2.45, 2.75) is 0 Å². The van der Waals surface area contributed by atoms with Crippen LogP contribution in [0, 0.1) is 0 Å². The fourth-order valence-electron chi connectivity index (χ4n) is 3.09. The molecule has 2 N–H and O–H groups in total. The fourth-order valence-corrected chi connectivity index (χ4v) is 3.70. The molecule has 0 atom stereocenters. The van der Waals surface area contributed by atoms with E-state index in [0.29, 0.717) is 21.8 Å². The minimum absolute atomic E-state index is 0.142. The van der Waals surface area contributed by atoms with Gasteiger partial charge in [-0.3, -0.25) is 9.59 Å². The lowest BCUT2D eigenvalue weighted by molar-refractivity contribution is 0.102. The molecule has 0 aliphatic carbocycles. The SMILES string of the molecule is O=C(Nc1ccc(NC(=O)c2cccs2)cc1)c1ccc(N2CCOCC2)cc1. The van der Waals surface area contributed by atoms with Crippen LogP contribution in [0.2, 0.25) is 0 Å². The number of thiophene rings is 1. The van der Waals surface area contributed by atoms with Gasteiger partial charge in [0.15, 0.2) is 0 Å². The van der Waals surface area contributed by atoms with Gasteiger partial charge in [-0.1, -0.05) is 6.07 Å². The lowest BCUT2D eigenvalue weighted by atomic mass is 10.1. The molecule has 1 saturated heterocycles. The van der Waals surface area contributed by atoms with Gasteiger partial charge in [-0.05, 0) is 60.0 Å². The Bertz CT molecular complexity index is 964. The van der Waals surface area contributed by atoms with E-state index in [9.17, 15) is 9.59 Å². The van der Waals surface area contributed by atoms with E-state index in [4.69, 9.17) is 4.74 Å². The summed E-state index contributed by atoms with van der Waals surface area (Å²) in [5, 5.41) is 7.58. The molecule has 2 amide bonds. The molecule has 4 rings (SSSR count). The van der Waals surface area contributed by atoms with Crippen LogP contribution in [0.5, 0.6) is 0 Å². The monoisotopic (exact) mass is 407 g/mol. The summed E-state index contributed by atoms with van der Waals surface area (Å²) in [6.45, 7) is 3.18. The molecule has 2 aromatic carbocycles. The Morgan fingerprint density at radius 3 is 2.03 bits per heavy atom. The third-order valence-electron chi connectivity index (χ3n) is 4.65. The van der Waals surface area contributed by atoms with Gasteiger partial charge in [0, 0.05) is 35.7 Å². The number of nitrogens with zero attached hydrogens (tertiary/aromatic N) is 1. The van der Waals surface area contributed by atoms with Crippen LogP contribution >= 0.6 is 11.3 Å². The van der Waals surface area contributed by atoms with E-state index in [-0.39, 0.29) is 11.8 Å². The zero-order valence-corrected chi connectivity index (χ0v) is 16.6. The standard InChI is InChI=1S/C22H21N3O3S/c26-21(16-3-9-19(10-4-16)25-11-13-28-14-12-25)23-17-5-7-18(8-6-17)24-22(27)20-2-1-15-29-20/h1-10,15H,11-14H2,(H,23,26)(H,24,27). The summed E-state index contributed by atoms with van der Waals surface area (Å²) in [4.78, 5) is 27.5. The molecule has 0 bridgehead atoms. The Morgan fingerprint density at radius 1 is 0.828 bits per heavy atom. The summed E-state index contributed by atoms with van der Waals surface area (Å²) < 4.78 is 5.37. The van der Waals surface area contributed by atoms with Crippen molar-refractivity contribution in [3.63, 3.8) is 0 Å². The van der Waals surface area contributed by atoms with E-state index in [0.717, 1.165) is 32.0 Å². The molecule has 0 saturated carbocycles. The largest absolute Gasteiger partial charge is 0.378 e. The molecule has 1 fully saturated rings. The van der Waals surface area contributed by atoms with Crippen LogP contribution in [0.15, 0.2) is 66.0 Å². The van der Waals surface area contributed by atoms with Crippen LogP contribution in [0.3, 0.4) is 0 Å². The predicted octanol–water partition coefficient (Wildman–Crippen LogP) is 4.09. The van der Waals surface area contributed by atoms with Gasteiger partial charge in [-0.25, -0.2) is 0 Å². The number of amides is 2. The van der Waals surface area contributed by atoms with Crippen LogP contribution in [0.25, 0.3) is 0 Å². The van der Waals surface area contributed by atoms with Gasteiger partial charge < -0.3 is 20.3 Å². The summed E-state index contributed by atoms with van der Waals surface area (Å²) in [5.74, 6) is -0.314. The summed E-state index contributed by atoms with van der Waals surface area (Å²) in [5.41, 5.74) is 3.03. The van der Waals surface area contributed by atoms with Gasteiger partial charge in [0.2, 0.25) is 0 Å². The van der Waals surface area contributed by atoms with Crippen molar-refractivity contribution >= 4 is 40.2 Å². The molecular weight excluding hydrogens is 386 g/mol. The van der Waals surface area contributed by atoms with Crippen molar-refractivity contribution in [3.8, 4) is 0 Å². The van der Waals surface area contributed by atoms with Crippen molar-refractivity contribution in [3.05, 3.63) is 76.5 Å². The molecule has 0 spiro atoms. The molecule has 1 aromatic heterocycles. The summed E-state index contributed by atoms with van der Waals surface area (Å²) in [7, 11) is 0. The van der Waals surface area contributed by atoms with Crippen molar-refractivity contribution < 1.29 is 14.3 Å². The average Bonchev–Trinajstić information content (AvgIpc) is 3.31. The number of carbonyl (C=O) groups excluding carboxylic acids is 2. The number of carbonyl (C=O) groups is 2. The first-order valence-electron chi connectivity index (χ1n) is 9.38. The highest BCUT2D eigenvalue weighted by atomic mass is 32.1. The molecule has 6 nitrogen and oxygen atoms in total. The molecule has 29 heavy (non-hydrogen) atoms. The number of hydrogen-bond acceptors (Lipinski definition) is 5. The fraction of sp³-hybridized carbons (Fsp3) is 0.182. The van der Waals surface area contributed by atoms with Gasteiger partial charge in [-0.2, -0.15) is 0 Å². The van der Waals surface area contributed by atoms with Crippen LogP contribution in [-0.4, -0.2) is 38.1 Å². The number of anilines is 3. The second-order valence-corrected chi connectivity index (χ2v) is 7.56. The van der Waals surface area contributed by atoms with Gasteiger partial charge in [-0.15, -0.1) is 11.3 Å². The Hall–Kier alpha value is -3.16. The van der Waals surface area contributed by atoms with Crippen LogP contribution in [0.4, 0.5) is 17.1 Å². The molecule has 0 unspecified atom stereocenters. The zero-order chi connectivity index (χ0) is 20.1. The maximum atomic E-state index is 12.5. The Kier molecular flexibility index (Phi) is 5.88. The van der Waals surface area contributed by atoms with Crippen molar-refractivity contribution in [1.29, 1.82) is 0 Å². The molecule has 1 aliphatic heterocycles. The van der Waals surface area contributed by atoms with Gasteiger partial charge in [0.1, 0.15) is 0 Å². The molecular formula is C22H21N3O3S. The van der Waals surface area contributed by atoms with Crippen LogP contribution in [0.1, 0.15) is 20.0 Å². The topological polar surface area (TPSA) is 70.7 Å². The molecule has 7 heteroatoms. The number of benzene rings is 2. The lowest BCUT2D eigenvalue weighted by Gasteiger charge is -2.28. The molecule has 2 heterocycles. The first-order chi connectivity index (χ1) is 14.2. The number of ether oxygens (including phenoxy) is 1. The number of morpholine rings is 1. The second-order valence-electron chi connectivity index (χ2n) is 6.61. The number of rotatable bonds is 5. The van der Waals surface area contributed by atoms with E-state index >= 15 is 0 Å². The zero-order valence-electron chi connectivity index (χ0n) is 15.8. The quantitative estimate of drug-likeness (QED) is 0.668. The molecule has 3 aromatic rings. The Morgan fingerprint density at radius 2 is 1.45 bits per heavy atom. The normalized spacial score (nSPS) is 13.7. The van der Waals surface area contributed by atoms with Gasteiger partial charge in [0.05, 0.1) is 18.1 Å². The Labute approximate surface area is 173 Å². The predicted molar refractivity (Wildman–Crippen MR) is 116 cm³/mol. The third kappa shape index (κ3) is 4.82. The van der Waals surface area contributed by atoms with E-state index < -0.39 is 0 Å². The number of hydrogen-bond donors (Lipinski definition) is 2. The van der Waals surface area contributed by atoms with Crippen LogP contribution in [-0.2, 0) is 4.74 Å². The summed E-state index contributed by atoms with van der Waals surface area (Å²) in [6, 6.07) is 18.3. The average molecular weight is 407 g/mol. The molecule has 0 radical (unpaired) electrons. The first kappa shape index (κ1) is 19.2. The first-order valence-corrected chi connectivity index (χ1v) is 10.3. The molecule has 1 aliphatic rings. The van der Waals surface area contributed by atoms with Crippen LogP contribution < -0.4 is 15.5 Å². The highest BCUT2D eigenvalue weighted by Crippen LogP contribution is 2.19. The van der Waals surface area contributed by atoms with Crippen molar-refractivity contribution in [1.82, 2.24) is 0 Å². The minimum Gasteiger partial charge on any atom is -0.378 e. The maximum absolute atomic E-state index is 12.5. The Balaban J connectivity index is 1.35. The van der Waals surface area contributed by atoms with Gasteiger partial charge in [0.25, 0.3) is 11.8 Å². The molecule has 148 valence electrons. The highest BCUT2D eigenvalue weighted by Gasteiger charge is 2.12. The highest BCUT2D eigenvalue weighted by molar-refractivity contribution is 7.12. The van der Waals surface area contributed by atoms with E-state index in [1.165, 1.54) is 11.3 Å². The minimum atomic E-state index is -0.172. The second kappa shape index (κ2) is 8.89. The summed E-state index contributed by atoms with van der Waals surface area (Å²) in [6.07, 6.45) is 0. The van der Waals surface area contributed by atoms with E-state index in [1.807, 2.05) is 35.7 Å². The van der Waals surface area contributed by atoms with Crippen molar-refractivity contribution in [2.24, 2.45) is 0 Å². The smallest absolute Gasteiger partial charge is 0.265 e. The van der Waals surface area contributed by atoms with E-state index in [2.05, 4.69) is 15.5 Å². The number of nitrogens with one attached hydrogen (secondary N) is 2. The van der Waals surface area contributed by atoms with Crippen molar-refractivity contribution in [2.75, 3.05) is 41.8 Å². The summed E-state index contributed by atoms with van der Waals surface area (Å²) >= 11 is 1.39. The lowest BCUT2D eigenvalue weighted by Crippen LogP contribution is -2.36. The van der Waals surface area contributed by atoms with Gasteiger partial charge >= 0.3 is 0 Å². The van der Waals surface area contributed by atoms with E-state index in [1.54, 1.807) is 30.3 Å². The maximum Gasteiger partial charge on any atom is 0.265 e.